The van der Waals surface area contributed by atoms with Gasteiger partial charge in [0.25, 0.3) is 0 Å². The molecule has 0 bridgehead atoms. The molecule has 2 rings (SSSR count). The molecule has 2 atom stereocenters. The Morgan fingerprint density at radius 1 is 1.67 bits per heavy atom. The number of nitrogens with zero attached hydrogens (tertiary/aromatic N) is 2. The van der Waals surface area contributed by atoms with Crippen LogP contribution in [0.4, 0.5) is 0 Å². The molecule has 0 saturated carbocycles. The van der Waals surface area contributed by atoms with Crippen molar-refractivity contribution >= 4 is 0 Å². The van der Waals surface area contributed by atoms with Gasteiger partial charge in [0.15, 0.2) is 0 Å². The summed E-state index contributed by atoms with van der Waals surface area (Å²) in [6.07, 6.45) is 2.11. The van der Waals surface area contributed by atoms with Crippen LogP contribution in [0.2, 0.25) is 0 Å². The average molecular weight is 168 g/mol. The van der Waals surface area contributed by atoms with Gasteiger partial charge in [-0.1, -0.05) is 0 Å². The topological polar surface area (TPSA) is 73.8 Å². The molecule has 1 fully saturated rings. The largest absolute Gasteiger partial charge is 0.386 e. The monoisotopic (exact) mass is 168 g/mol. The zero-order chi connectivity index (χ0) is 8.39. The van der Waals surface area contributed by atoms with Gasteiger partial charge in [0, 0.05) is 12.5 Å². The van der Waals surface area contributed by atoms with Crippen LogP contribution in [0.5, 0.6) is 0 Å². The molecule has 1 saturated heterocycles. The Kier molecular flexibility index (Phi) is 2.05. The van der Waals surface area contributed by atoms with E-state index in [1.165, 1.54) is 0 Å². The van der Waals surface area contributed by atoms with Crippen LogP contribution in [0.1, 0.15) is 18.2 Å². The predicted octanol–water partition coefficient (Wildman–Crippen LogP) is -0.552. The molecular formula is C7H12N4O. The third-order valence-electron chi connectivity index (χ3n) is 2.28. The van der Waals surface area contributed by atoms with Crippen molar-refractivity contribution in [3.05, 3.63) is 11.9 Å². The zero-order valence-corrected chi connectivity index (χ0v) is 6.70. The molecule has 2 heterocycles. The molecule has 1 aromatic heterocycles. The minimum absolute atomic E-state index is 0.287. The Morgan fingerprint density at radius 3 is 3.17 bits per heavy atom. The molecule has 0 radical (unpaired) electrons. The quantitative estimate of drug-likeness (QED) is 0.554. The lowest BCUT2D eigenvalue weighted by Gasteiger charge is -2.13. The van der Waals surface area contributed by atoms with E-state index in [4.69, 9.17) is 0 Å². The van der Waals surface area contributed by atoms with Crippen LogP contribution < -0.4 is 5.32 Å². The summed E-state index contributed by atoms with van der Waals surface area (Å²) >= 11 is 0. The predicted molar refractivity (Wildman–Crippen MR) is 42.3 cm³/mol. The van der Waals surface area contributed by atoms with Crippen LogP contribution in [-0.2, 0) is 0 Å². The third kappa shape index (κ3) is 1.33. The van der Waals surface area contributed by atoms with Crippen molar-refractivity contribution in [1.82, 2.24) is 20.7 Å². The average Bonchev–Trinajstić information content (AvgIpc) is 2.77. The number of aromatic nitrogens is 3. The smallest absolute Gasteiger partial charge is 0.111 e. The van der Waals surface area contributed by atoms with Crippen molar-refractivity contribution in [2.45, 2.75) is 12.5 Å². The van der Waals surface area contributed by atoms with E-state index in [0.29, 0.717) is 5.69 Å². The van der Waals surface area contributed by atoms with Gasteiger partial charge in [0.1, 0.15) is 11.8 Å². The van der Waals surface area contributed by atoms with E-state index in [-0.39, 0.29) is 5.92 Å². The summed E-state index contributed by atoms with van der Waals surface area (Å²) in [6.45, 7) is 1.85. The number of hydrogen-bond acceptors (Lipinski definition) is 4. The number of aromatic amines is 1. The molecule has 66 valence electrons. The highest BCUT2D eigenvalue weighted by Gasteiger charge is 2.25. The molecule has 12 heavy (non-hydrogen) atoms. The van der Waals surface area contributed by atoms with Gasteiger partial charge in [-0.25, -0.2) is 0 Å². The minimum Gasteiger partial charge on any atom is -0.386 e. The van der Waals surface area contributed by atoms with E-state index < -0.39 is 6.10 Å². The summed E-state index contributed by atoms with van der Waals surface area (Å²) in [5.74, 6) is 0.287. The Hall–Kier alpha value is -0.940. The highest BCUT2D eigenvalue weighted by Crippen LogP contribution is 2.23. The summed E-state index contributed by atoms with van der Waals surface area (Å²) in [5.41, 5.74) is 0.642. The molecule has 0 aliphatic carbocycles. The number of aliphatic hydroxyl groups is 1. The molecule has 5 heteroatoms. The molecule has 0 amide bonds. The summed E-state index contributed by atoms with van der Waals surface area (Å²) in [5, 5.41) is 22.9. The van der Waals surface area contributed by atoms with Crippen molar-refractivity contribution in [1.29, 1.82) is 0 Å². The fourth-order valence-electron chi connectivity index (χ4n) is 1.54. The van der Waals surface area contributed by atoms with Crippen LogP contribution in [-0.4, -0.2) is 33.6 Å². The molecule has 1 aromatic rings. The number of nitrogens with one attached hydrogen (secondary N) is 2. The Bertz CT molecular complexity index is 230. The first-order chi connectivity index (χ1) is 5.88. The van der Waals surface area contributed by atoms with Crippen molar-refractivity contribution < 1.29 is 5.11 Å². The highest BCUT2D eigenvalue weighted by atomic mass is 16.3. The van der Waals surface area contributed by atoms with E-state index in [1.54, 1.807) is 6.20 Å². The summed E-state index contributed by atoms with van der Waals surface area (Å²) in [7, 11) is 0. The maximum absolute atomic E-state index is 9.75. The molecule has 5 nitrogen and oxygen atoms in total. The second kappa shape index (κ2) is 3.20. The Morgan fingerprint density at radius 2 is 2.58 bits per heavy atom. The normalized spacial score (nSPS) is 25.9. The highest BCUT2D eigenvalue weighted by molar-refractivity contribution is 4.99. The molecular weight excluding hydrogens is 156 g/mol. The molecule has 1 aliphatic rings. The lowest BCUT2D eigenvalue weighted by molar-refractivity contribution is 0.114. The van der Waals surface area contributed by atoms with Crippen LogP contribution in [0.3, 0.4) is 0 Å². The summed E-state index contributed by atoms with van der Waals surface area (Å²) in [6, 6.07) is 0. The number of rotatable bonds is 2. The van der Waals surface area contributed by atoms with Crippen molar-refractivity contribution in [2.75, 3.05) is 13.1 Å². The van der Waals surface area contributed by atoms with Gasteiger partial charge in [-0.15, -0.1) is 0 Å². The van der Waals surface area contributed by atoms with Gasteiger partial charge in [0.2, 0.25) is 0 Å². The Labute approximate surface area is 70.2 Å². The lowest BCUT2D eigenvalue weighted by atomic mass is 10.00. The van der Waals surface area contributed by atoms with Gasteiger partial charge < -0.3 is 10.4 Å². The van der Waals surface area contributed by atoms with Crippen LogP contribution >= 0.6 is 0 Å². The molecule has 0 spiro atoms. The van der Waals surface area contributed by atoms with E-state index in [0.717, 1.165) is 19.5 Å². The first-order valence-electron chi connectivity index (χ1n) is 4.12. The van der Waals surface area contributed by atoms with Crippen molar-refractivity contribution in [3.8, 4) is 0 Å². The van der Waals surface area contributed by atoms with Crippen molar-refractivity contribution in [3.63, 3.8) is 0 Å². The van der Waals surface area contributed by atoms with Gasteiger partial charge in [0.05, 0.1) is 6.20 Å². The van der Waals surface area contributed by atoms with E-state index in [1.807, 2.05) is 0 Å². The van der Waals surface area contributed by atoms with Crippen LogP contribution in [0.25, 0.3) is 0 Å². The molecule has 1 aliphatic heterocycles. The molecule has 3 N–H and O–H groups in total. The second-order valence-corrected chi connectivity index (χ2v) is 3.09. The third-order valence-corrected chi connectivity index (χ3v) is 2.28. The van der Waals surface area contributed by atoms with E-state index in [9.17, 15) is 5.11 Å². The van der Waals surface area contributed by atoms with Gasteiger partial charge in [-0.2, -0.15) is 15.4 Å². The first kappa shape index (κ1) is 7.70. The standard InChI is InChI=1S/C7H12N4O/c12-7(5-1-2-8-3-5)6-4-9-11-10-6/h4-5,7-8,12H,1-3H2,(H,9,10,11). The number of aliphatic hydroxyl groups excluding tert-OH is 1. The SMILES string of the molecule is OC(c1cn[nH]n1)C1CCNC1. The molecule has 2 unspecified atom stereocenters. The summed E-state index contributed by atoms with van der Waals surface area (Å²) < 4.78 is 0. The second-order valence-electron chi connectivity index (χ2n) is 3.09. The zero-order valence-electron chi connectivity index (χ0n) is 6.70. The van der Waals surface area contributed by atoms with Crippen LogP contribution in [0.15, 0.2) is 6.20 Å². The fourth-order valence-corrected chi connectivity index (χ4v) is 1.54. The number of H-pyrrole nitrogens is 1. The van der Waals surface area contributed by atoms with E-state index >= 15 is 0 Å². The fraction of sp³-hybridized carbons (Fsp3) is 0.714. The van der Waals surface area contributed by atoms with Gasteiger partial charge in [-0.3, -0.25) is 0 Å². The van der Waals surface area contributed by atoms with E-state index in [2.05, 4.69) is 20.7 Å². The molecule has 0 aromatic carbocycles. The van der Waals surface area contributed by atoms with Crippen LogP contribution in [0, 0.1) is 5.92 Å². The number of hydrogen-bond donors (Lipinski definition) is 3. The minimum atomic E-state index is -0.473. The first-order valence-corrected chi connectivity index (χ1v) is 4.12. The van der Waals surface area contributed by atoms with Gasteiger partial charge in [-0.05, 0) is 13.0 Å². The maximum atomic E-state index is 9.75. The van der Waals surface area contributed by atoms with Crippen molar-refractivity contribution in [2.24, 2.45) is 5.92 Å². The van der Waals surface area contributed by atoms with Gasteiger partial charge >= 0.3 is 0 Å². The Balaban J connectivity index is 2.04. The lowest BCUT2D eigenvalue weighted by Crippen LogP contribution is -2.16. The maximum Gasteiger partial charge on any atom is 0.111 e. The summed E-state index contributed by atoms with van der Waals surface area (Å²) in [4.78, 5) is 0.